The Labute approximate surface area is 160 Å². The maximum Gasteiger partial charge on any atom is 0.355 e. The first-order valence-corrected chi connectivity index (χ1v) is 8.21. The maximum absolute atomic E-state index is 14.6. The highest BCUT2D eigenvalue weighted by molar-refractivity contribution is 6.06. The number of hydrogen-bond donors (Lipinski definition) is 2. The van der Waals surface area contributed by atoms with Crippen molar-refractivity contribution < 1.29 is 23.1 Å². The number of aromatic hydroxyl groups is 1. The van der Waals surface area contributed by atoms with Gasteiger partial charge in [-0.3, -0.25) is 4.79 Å². The number of rotatable bonds is 3. The van der Waals surface area contributed by atoms with E-state index < -0.39 is 51.7 Å². The van der Waals surface area contributed by atoms with Crippen molar-refractivity contribution in [1.82, 2.24) is 14.2 Å². The van der Waals surface area contributed by atoms with Gasteiger partial charge in [0.15, 0.2) is 5.65 Å². The number of aromatic nitrogens is 3. The summed E-state index contributed by atoms with van der Waals surface area (Å²) >= 11 is 0. The van der Waals surface area contributed by atoms with Crippen molar-refractivity contribution in [1.29, 1.82) is 0 Å². The Hall–Kier alpha value is -4.08. The standard InChI is InChI=1S/C19H11F3N4O3/c20-11-4-3-5-12(21)17(11)23-18(28)10-8-13(22)14(9-15(10)27)26-19(29)25-7-2-1-6-16(25)24-26/h1-9,27H,(H,23,28). The van der Waals surface area contributed by atoms with Crippen molar-refractivity contribution in [2.45, 2.75) is 0 Å². The second kappa shape index (κ2) is 6.82. The van der Waals surface area contributed by atoms with Crippen LogP contribution in [-0.4, -0.2) is 25.2 Å². The van der Waals surface area contributed by atoms with E-state index in [4.69, 9.17) is 0 Å². The molecule has 0 spiro atoms. The number of carbonyl (C=O) groups is 1. The molecule has 2 heterocycles. The molecule has 0 aliphatic heterocycles. The van der Waals surface area contributed by atoms with Gasteiger partial charge in [-0.2, -0.15) is 4.68 Å². The smallest absolute Gasteiger partial charge is 0.355 e. The lowest BCUT2D eigenvalue weighted by atomic mass is 10.1. The number of carbonyl (C=O) groups excluding carboxylic acids is 1. The van der Waals surface area contributed by atoms with Crippen LogP contribution in [0, 0.1) is 17.5 Å². The largest absolute Gasteiger partial charge is 0.507 e. The zero-order chi connectivity index (χ0) is 20.7. The topological polar surface area (TPSA) is 88.6 Å². The van der Waals surface area contributed by atoms with Gasteiger partial charge in [0.2, 0.25) is 0 Å². The molecule has 146 valence electrons. The molecular weight excluding hydrogens is 389 g/mol. The second-order valence-electron chi connectivity index (χ2n) is 5.99. The van der Waals surface area contributed by atoms with Gasteiger partial charge in [0.25, 0.3) is 5.91 Å². The van der Waals surface area contributed by atoms with Gasteiger partial charge in [-0.15, -0.1) is 5.10 Å². The first kappa shape index (κ1) is 18.3. The Bertz CT molecular complexity index is 1310. The minimum Gasteiger partial charge on any atom is -0.507 e. The van der Waals surface area contributed by atoms with Crippen molar-refractivity contribution in [3.63, 3.8) is 0 Å². The molecule has 4 rings (SSSR count). The SMILES string of the molecule is O=C(Nc1c(F)cccc1F)c1cc(F)c(-n2nc3ccccn3c2=O)cc1O. The third-order valence-corrected chi connectivity index (χ3v) is 4.17. The third-order valence-electron chi connectivity index (χ3n) is 4.17. The number of halogens is 3. The van der Waals surface area contributed by atoms with Crippen molar-refractivity contribution in [3.8, 4) is 11.4 Å². The van der Waals surface area contributed by atoms with Gasteiger partial charge < -0.3 is 10.4 Å². The Morgan fingerprint density at radius 1 is 1.00 bits per heavy atom. The molecule has 0 unspecified atom stereocenters. The highest BCUT2D eigenvalue weighted by atomic mass is 19.1. The number of anilines is 1. The number of para-hydroxylation sites is 1. The normalized spacial score (nSPS) is 11.0. The average molecular weight is 400 g/mol. The molecule has 29 heavy (non-hydrogen) atoms. The molecule has 2 N–H and O–H groups in total. The summed E-state index contributed by atoms with van der Waals surface area (Å²) in [5.74, 6) is -4.97. The van der Waals surface area contributed by atoms with E-state index in [1.54, 1.807) is 12.1 Å². The molecule has 0 aliphatic rings. The van der Waals surface area contributed by atoms with Gasteiger partial charge in [0.1, 0.15) is 34.6 Å². The van der Waals surface area contributed by atoms with Gasteiger partial charge in [-0.1, -0.05) is 12.1 Å². The van der Waals surface area contributed by atoms with E-state index in [0.717, 1.165) is 33.3 Å². The van der Waals surface area contributed by atoms with E-state index in [0.29, 0.717) is 6.07 Å². The van der Waals surface area contributed by atoms with Gasteiger partial charge >= 0.3 is 5.69 Å². The van der Waals surface area contributed by atoms with Gasteiger partial charge in [-0.05, 0) is 30.3 Å². The molecule has 2 aromatic heterocycles. The molecular formula is C19H11F3N4O3. The molecule has 0 atom stereocenters. The monoisotopic (exact) mass is 400 g/mol. The van der Waals surface area contributed by atoms with Crippen LogP contribution in [0.3, 0.4) is 0 Å². The Morgan fingerprint density at radius 2 is 1.72 bits per heavy atom. The van der Waals surface area contributed by atoms with Crippen LogP contribution in [-0.2, 0) is 0 Å². The molecule has 0 aliphatic carbocycles. The minimum absolute atomic E-state index is 0.244. The fraction of sp³-hybridized carbons (Fsp3) is 0. The zero-order valence-electron chi connectivity index (χ0n) is 14.4. The van der Waals surface area contributed by atoms with Crippen LogP contribution < -0.4 is 11.0 Å². The lowest BCUT2D eigenvalue weighted by Crippen LogP contribution is -2.21. The number of phenols is 1. The number of amides is 1. The van der Waals surface area contributed by atoms with Crippen molar-refractivity contribution in [3.05, 3.63) is 88.2 Å². The average Bonchev–Trinajstić information content (AvgIpc) is 3.03. The summed E-state index contributed by atoms with van der Waals surface area (Å²) in [5, 5.41) is 16.1. The minimum atomic E-state index is -1.14. The fourth-order valence-electron chi connectivity index (χ4n) is 2.77. The van der Waals surface area contributed by atoms with E-state index in [2.05, 4.69) is 5.10 Å². The van der Waals surface area contributed by atoms with Gasteiger partial charge in [-0.25, -0.2) is 22.4 Å². The van der Waals surface area contributed by atoms with Crippen LogP contribution in [0.1, 0.15) is 10.4 Å². The first-order chi connectivity index (χ1) is 13.9. The van der Waals surface area contributed by atoms with E-state index in [-0.39, 0.29) is 5.65 Å². The van der Waals surface area contributed by atoms with Crippen LogP contribution in [0.4, 0.5) is 18.9 Å². The molecule has 10 heteroatoms. The van der Waals surface area contributed by atoms with Crippen LogP contribution >= 0.6 is 0 Å². The number of benzene rings is 2. The number of hydrogen-bond acceptors (Lipinski definition) is 4. The molecule has 0 fully saturated rings. The third kappa shape index (κ3) is 3.10. The molecule has 0 radical (unpaired) electrons. The van der Waals surface area contributed by atoms with Crippen molar-refractivity contribution >= 4 is 17.2 Å². The summed E-state index contributed by atoms with van der Waals surface area (Å²) in [6.07, 6.45) is 1.43. The summed E-state index contributed by atoms with van der Waals surface area (Å²) in [6.45, 7) is 0. The molecule has 0 saturated heterocycles. The Kier molecular flexibility index (Phi) is 4.30. The van der Waals surface area contributed by atoms with E-state index in [9.17, 15) is 27.9 Å². The van der Waals surface area contributed by atoms with Crippen LogP contribution in [0.15, 0.2) is 59.5 Å². The van der Waals surface area contributed by atoms with E-state index in [1.165, 1.54) is 12.3 Å². The summed E-state index contributed by atoms with van der Waals surface area (Å²) < 4.78 is 43.9. The number of pyridine rings is 1. The van der Waals surface area contributed by atoms with Gasteiger partial charge in [0.05, 0.1) is 5.56 Å². The van der Waals surface area contributed by atoms with Crippen molar-refractivity contribution in [2.24, 2.45) is 0 Å². The Balaban J connectivity index is 1.75. The van der Waals surface area contributed by atoms with Gasteiger partial charge in [0, 0.05) is 12.3 Å². The van der Waals surface area contributed by atoms with E-state index in [1.807, 2.05) is 5.32 Å². The summed E-state index contributed by atoms with van der Waals surface area (Å²) in [7, 11) is 0. The number of nitrogens with one attached hydrogen (secondary N) is 1. The molecule has 0 saturated carbocycles. The highest BCUT2D eigenvalue weighted by Crippen LogP contribution is 2.26. The lowest BCUT2D eigenvalue weighted by molar-refractivity contribution is 0.102. The Morgan fingerprint density at radius 3 is 2.41 bits per heavy atom. The molecule has 1 amide bonds. The van der Waals surface area contributed by atoms with Crippen molar-refractivity contribution in [2.75, 3.05) is 5.32 Å². The highest BCUT2D eigenvalue weighted by Gasteiger charge is 2.21. The lowest BCUT2D eigenvalue weighted by Gasteiger charge is -2.10. The predicted molar refractivity (Wildman–Crippen MR) is 96.7 cm³/mol. The first-order valence-electron chi connectivity index (χ1n) is 8.21. The van der Waals surface area contributed by atoms with Crippen LogP contribution in [0.5, 0.6) is 5.75 Å². The number of fused-ring (bicyclic) bond motifs is 1. The quantitative estimate of drug-likeness (QED) is 0.554. The fourth-order valence-corrected chi connectivity index (χ4v) is 2.77. The second-order valence-corrected chi connectivity index (χ2v) is 5.99. The molecule has 0 bridgehead atoms. The number of phenolic OH excluding ortho intramolecular Hbond substituents is 1. The van der Waals surface area contributed by atoms with Crippen LogP contribution in [0.2, 0.25) is 0 Å². The predicted octanol–water partition coefficient (Wildman–Crippen LogP) is 2.86. The summed E-state index contributed by atoms with van der Waals surface area (Å²) in [4.78, 5) is 24.7. The zero-order valence-corrected chi connectivity index (χ0v) is 14.4. The molecule has 2 aromatic carbocycles. The van der Waals surface area contributed by atoms with Crippen LogP contribution in [0.25, 0.3) is 11.3 Å². The maximum atomic E-state index is 14.6. The molecule has 4 aromatic rings. The summed E-state index contributed by atoms with van der Waals surface area (Å²) in [6, 6.07) is 9.19. The number of nitrogens with zero attached hydrogens (tertiary/aromatic N) is 3. The summed E-state index contributed by atoms with van der Waals surface area (Å²) in [5.41, 5.74) is -2.16. The van der Waals surface area contributed by atoms with E-state index >= 15 is 0 Å². The molecule has 7 nitrogen and oxygen atoms in total.